The van der Waals surface area contributed by atoms with E-state index in [1.54, 1.807) is 36.5 Å². The molecule has 94 valence electrons. The molecular formula is C15H11ClN2O. The summed E-state index contributed by atoms with van der Waals surface area (Å²) in [6.45, 7) is 0.381. The van der Waals surface area contributed by atoms with Crippen LogP contribution < -0.4 is 0 Å². The van der Waals surface area contributed by atoms with Crippen LogP contribution in [0.25, 0.3) is 0 Å². The molecule has 0 bridgehead atoms. The SMILES string of the molecule is N#Cc1cccc(C=NOCc2ccc(Cl)cc2)c1. The number of nitriles is 1. The number of halogens is 1. The lowest BCUT2D eigenvalue weighted by Gasteiger charge is -1.99. The highest BCUT2D eigenvalue weighted by Crippen LogP contribution is 2.10. The molecule has 0 aliphatic rings. The van der Waals surface area contributed by atoms with Gasteiger partial charge in [0, 0.05) is 5.02 Å². The van der Waals surface area contributed by atoms with E-state index in [1.807, 2.05) is 18.2 Å². The highest BCUT2D eigenvalue weighted by molar-refractivity contribution is 6.30. The largest absolute Gasteiger partial charge is 0.391 e. The van der Waals surface area contributed by atoms with Crippen LogP contribution in [0.1, 0.15) is 16.7 Å². The van der Waals surface area contributed by atoms with Crippen molar-refractivity contribution in [3.05, 3.63) is 70.2 Å². The molecular weight excluding hydrogens is 260 g/mol. The van der Waals surface area contributed by atoms with Crippen LogP contribution in [0.2, 0.25) is 5.02 Å². The molecule has 2 aromatic carbocycles. The topological polar surface area (TPSA) is 45.4 Å². The van der Waals surface area contributed by atoms with Crippen LogP contribution >= 0.6 is 11.6 Å². The fourth-order valence-corrected chi connectivity index (χ4v) is 1.61. The summed E-state index contributed by atoms with van der Waals surface area (Å²) in [5.74, 6) is 0. The van der Waals surface area contributed by atoms with E-state index in [-0.39, 0.29) is 0 Å². The van der Waals surface area contributed by atoms with Gasteiger partial charge in [-0.05, 0) is 35.4 Å². The Morgan fingerprint density at radius 3 is 2.74 bits per heavy atom. The van der Waals surface area contributed by atoms with E-state index in [0.29, 0.717) is 17.2 Å². The van der Waals surface area contributed by atoms with Gasteiger partial charge in [0.1, 0.15) is 6.61 Å². The van der Waals surface area contributed by atoms with Crippen molar-refractivity contribution in [2.24, 2.45) is 5.16 Å². The first-order valence-corrected chi connectivity index (χ1v) is 6.05. The van der Waals surface area contributed by atoms with E-state index >= 15 is 0 Å². The molecule has 19 heavy (non-hydrogen) atoms. The Balaban J connectivity index is 1.90. The van der Waals surface area contributed by atoms with Crippen molar-refractivity contribution in [3.63, 3.8) is 0 Å². The van der Waals surface area contributed by atoms with Crippen LogP contribution in [0.3, 0.4) is 0 Å². The maximum atomic E-state index is 8.77. The second-order valence-corrected chi connectivity index (χ2v) is 4.31. The lowest BCUT2D eigenvalue weighted by molar-refractivity contribution is 0.132. The van der Waals surface area contributed by atoms with E-state index in [4.69, 9.17) is 21.7 Å². The molecule has 4 heteroatoms. The van der Waals surface area contributed by atoms with Gasteiger partial charge in [0.25, 0.3) is 0 Å². The lowest BCUT2D eigenvalue weighted by atomic mass is 10.1. The van der Waals surface area contributed by atoms with Gasteiger partial charge in [0.15, 0.2) is 0 Å². The van der Waals surface area contributed by atoms with E-state index in [9.17, 15) is 0 Å². The van der Waals surface area contributed by atoms with E-state index in [1.165, 1.54) is 0 Å². The van der Waals surface area contributed by atoms with Crippen LogP contribution in [0, 0.1) is 11.3 Å². The van der Waals surface area contributed by atoms with E-state index in [2.05, 4.69) is 11.2 Å². The number of rotatable bonds is 4. The van der Waals surface area contributed by atoms with Crippen LogP contribution in [-0.4, -0.2) is 6.21 Å². The van der Waals surface area contributed by atoms with Gasteiger partial charge in [-0.3, -0.25) is 0 Å². The Morgan fingerprint density at radius 2 is 2.00 bits per heavy atom. The molecule has 0 spiro atoms. The molecule has 0 amide bonds. The summed E-state index contributed by atoms with van der Waals surface area (Å²) in [6.07, 6.45) is 1.58. The third-order valence-corrected chi connectivity index (χ3v) is 2.69. The first-order valence-electron chi connectivity index (χ1n) is 5.68. The van der Waals surface area contributed by atoms with Crippen molar-refractivity contribution < 1.29 is 4.84 Å². The zero-order valence-corrected chi connectivity index (χ0v) is 10.8. The molecule has 0 aliphatic carbocycles. The zero-order valence-electron chi connectivity index (χ0n) is 10.1. The molecule has 0 fully saturated rings. The van der Waals surface area contributed by atoms with Gasteiger partial charge in [0.05, 0.1) is 17.8 Å². The standard InChI is InChI=1S/C15H11ClN2O/c16-15-6-4-12(5-7-15)11-19-18-10-14-3-1-2-13(8-14)9-17/h1-8,10H,11H2. The second-order valence-electron chi connectivity index (χ2n) is 3.87. The second kappa shape index (κ2) is 6.58. The summed E-state index contributed by atoms with van der Waals surface area (Å²) in [7, 11) is 0. The Labute approximate surface area is 116 Å². The maximum absolute atomic E-state index is 8.77. The fourth-order valence-electron chi connectivity index (χ4n) is 1.48. The fraction of sp³-hybridized carbons (Fsp3) is 0.0667. The van der Waals surface area contributed by atoms with Crippen molar-refractivity contribution in [3.8, 4) is 6.07 Å². The Hall–Kier alpha value is -2.31. The quantitative estimate of drug-likeness (QED) is 0.627. The van der Waals surface area contributed by atoms with E-state index < -0.39 is 0 Å². The van der Waals surface area contributed by atoms with Crippen molar-refractivity contribution in [1.29, 1.82) is 5.26 Å². The van der Waals surface area contributed by atoms with Gasteiger partial charge >= 0.3 is 0 Å². The molecule has 0 aromatic heterocycles. The van der Waals surface area contributed by atoms with Gasteiger partial charge in [-0.25, -0.2) is 0 Å². The smallest absolute Gasteiger partial charge is 0.142 e. The van der Waals surface area contributed by atoms with Crippen molar-refractivity contribution in [2.45, 2.75) is 6.61 Å². The summed E-state index contributed by atoms with van der Waals surface area (Å²) >= 11 is 5.78. The predicted molar refractivity (Wildman–Crippen MR) is 75.0 cm³/mol. The Morgan fingerprint density at radius 1 is 1.21 bits per heavy atom. The summed E-state index contributed by atoms with van der Waals surface area (Å²) in [6, 6.07) is 16.6. The zero-order chi connectivity index (χ0) is 13.5. The van der Waals surface area contributed by atoms with Crippen LogP contribution in [0.4, 0.5) is 0 Å². The minimum atomic E-state index is 0.381. The summed E-state index contributed by atoms with van der Waals surface area (Å²) in [5.41, 5.74) is 2.42. The monoisotopic (exact) mass is 270 g/mol. The molecule has 0 aliphatic heterocycles. The van der Waals surface area contributed by atoms with Gasteiger partial charge in [-0.2, -0.15) is 5.26 Å². The van der Waals surface area contributed by atoms with Crippen LogP contribution in [0.15, 0.2) is 53.7 Å². The number of nitrogens with zero attached hydrogens (tertiary/aromatic N) is 2. The molecule has 0 radical (unpaired) electrons. The van der Waals surface area contributed by atoms with Gasteiger partial charge in [0.2, 0.25) is 0 Å². The van der Waals surface area contributed by atoms with Crippen molar-refractivity contribution in [2.75, 3.05) is 0 Å². The number of hydrogen-bond acceptors (Lipinski definition) is 3. The Bertz CT molecular complexity index is 615. The van der Waals surface area contributed by atoms with Gasteiger partial charge < -0.3 is 4.84 Å². The molecule has 0 saturated carbocycles. The van der Waals surface area contributed by atoms with Gasteiger partial charge in [-0.1, -0.05) is 41.0 Å². The van der Waals surface area contributed by atoms with Crippen molar-refractivity contribution in [1.82, 2.24) is 0 Å². The minimum absolute atomic E-state index is 0.381. The third kappa shape index (κ3) is 4.13. The molecule has 0 atom stereocenters. The molecule has 0 N–H and O–H groups in total. The minimum Gasteiger partial charge on any atom is -0.391 e. The summed E-state index contributed by atoms with van der Waals surface area (Å²) < 4.78 is 0. The molecule has 0 unspecified atom stereocenters. The average molecular weight is 271 g/mol. The normalized spacial score (nSPS) is 10.3. The van der Waals surface area contributed by atoms with Crippen LogP contribution in [0.5, 0.6) is 0 Å². The molecule has 2 aromatic rings. The molecule has 3 nitrogen and oxygen atoms in total. The third-order valence-electron chi connectivity index (χ3n) is 2.44. The predicted octanol–water partition coefficient (Wildman–Crippen LogP) is 3.76. The molecule has 2 rings (SSSR count). The highest BCUT2D eigenvalue weighted by Gasteiger charge is 1.94. The maximum Gasteiger partial charge on any atom is 0.142 e. The van der Waals surface area contributed by atoms with Crippen molar-refractivity contribution >= 4 is 17.8 Å². The Kier molecular flexibility index (Phi) is 4.54. The first-order chi connectivity index (χ1) is 9.28. The average Bonchev–Trinajstić information content (AvgIpc) is 2.46. The van der Waals surface area contributed by atoms with Crippen LogP contribution in [-0.2, 0) is 11.4 Å². The summed E-state index contributed by atoms with van der Waals surface area (Å²) in [4.78, 5) is 5.18. The number of oxime groups is 1. The number of benzene rings is 2. The molecule has 0 heterocycles. The number of hydrogen-bond donors (Lipinski definition) is 0. The van der Waals surface area contributed by atoms with E-state index in [0.717, 1.165) is 11.1 Å². The first kappa shape index (κ1) is 13.1. The summed E-state index contributed by atoms with van der Waals surface area (Å²) in [5, 5.41) is 13.3. The molecule has 0 saturated heterocycles. The highest BCUT2D eigenvalue weighted by atomic mass is 35.5. The lowest BCUT2D eigenvalue weighted by Crippen LogP contribution is -1.88. The van der Waals surface area contributed by atoms with Gasteiger partial charge in [-0.15, -0.1) is 0 Å².